The van der Waals surface area contributed by atoms with Gasteiger partial charge in [-0.3, -0.25) is 0 Å². The minimum absolute atomic E-state index is 0.308. The molecular weight excluding hydrogens is 256 g/mol. The lowest BCUT2D eigenvalue weighted by molar-refractivity contribution is 0.0944. The van der Waals surface area contributed by atoms with E-state index in [9.17, 15) is 5.11 Å². The Hall–Kier alpha value is -0.820. The van der Waals surface area contributed by atoms with Crippen LogP contribution in [0.1, 0.15) is 66.2 Å². The highest BCUT2D eigenvalue weighted by atomic mass is 16.3. The van der Waals surface area contributed by atoms with Crippen molar-refractivity contribution in [3.63, 3.8) is 0 Å². The molecule has 2 bridgehead atoms. The molecule has 0 saturated heterocycles. The Kier molecular flexibility index (Phi) is 5.14. The standard InChI is InChI=1S/C20H32O/c1-14-6-12-18-15(2)8-10-17(20(18,4)5)11-9-16(3)19(21)13-7-14/h7,9,17-19,21H,2,6,8,10-13H2,1,3-5H3/b14-7+,16-9?/t17-,18+,19+/m0/s1. The Balaban J connectivity index is 2.30. The van der Waals surface area contributed by atoms with Crippen molar-refractivity contribution in [1.29, 1.82) is 0 Å². The summed E-state index contributed by atoms with van der Waals surface area (Å²) in [6.45, 7) is 13.5. The van der Waals surface area contributed by atoms with Crippen LogP contribution in [0.3, 0.4) is 0 Å². The topological polar surface area (TPSA) is 20.2 Å². The third kappa shape index (κ3) is 3.69. The van der Waals surface area contributed by atoms with E-state index in [1.807, 2.05) is 0 Å². The smallest absolute Gasteiger partial charge is 0.0781 e. The molecule has 21 heavy (non-hydrogen) atoms. The Morgan fingerprint density at radius 2 is 1.81 bits per heavy atom. The summed E-state index contributed by atoms with van der Waals surface area (Å²) in [6.07, 6.45) is 10.8. The molecule has 0 spiro atoms. The predicted molar refractivity (Wildman–Crippen MR) is 91.1 cm³/mol. The summed E-state index contributed by atoms with van der Waals surface area (Å²) in [6, 6.07) is 0. The van der Waals surface area contributed by atoms with E-state index in [1.54, 1.807) is 0 Å². The Labute approximate surface area is 130 Å². The van der Waals surface area contributed by atoms with Crippen molar-refractivity contribution < 1.29 is 5.11 Å². The fourth-order valence-corrected chi connectivity index (χ4v) is 4.15. The molecule has 3 atom stereocenters. The summed E-state index contributed by atoms with van der Waals surface area (Å²) in [5.74, 6) is 1.34. The van der Waals surface area contributed by atoms with Gasteiger partial charge in [0.15, 0.2) is 0 Å². The van der Waals surface area contributed by atoms with E-state index in [4.69, 9.17) is 0 Å². The van der Waals surface area contributed by atoms with Crippen LogP contribution >= 0.6 is 0 Å². The van der Waals surface area contributed by atoms with Gasteiger partial charge in [0.1, 0.15) is 0 Å². The van der Waals surface area contributed by atoms with E-state index in [-0.39, 0.29) is 6.10 Å². The highest BCUT2D eigenvalue weighted by molar-refractivity contribution is 5.16. The molecule has 0 radical (unpaired) electrons. The molecule has 1 N–H and O–H groups in total. The number of allylic oxidation sites excluding steroid dienone is 3. The lowest BCUT2D eigenvalue weighted by Crippen LogP contribution is -2.37. The molecule has 2 aliphatic rings. The molecule has 2 aliphatic carbocycles. The van der Waals surface area contributed by atoms with Crippen molar-refractivity contribution in [3.8, 4) is 0 Å². The van der Waals surface area contributed by atoms with Gasteiger partial charge in [0.2, 0.25) is 0 Å². The first-order chi connectivity index (χ1) is 9.82. The van der Waals surface area contributed by atoms with Gasteiger partial charge in [-0.2, -0.15) is 0 Å². The lowest BCUT2D eigenvalue weighted by atomic mass is 9.58. The van der Waals surface area contributed by atoms with Crippen LogP contribution in [0.5, 0.6) is 0 Å². The van der Waals surface area contributed by atoms with Crippen LogP contribution in [0.15, 0.2) is 35.5 Å². The van der Waals surface area contributed by atoms with Crippen molar-refractivity contribution in [2.75, 3.05) is 0 Å². The van der Waals surface area contributed by atoms with Gasteiger partial charge in [-0.05, 0) is 75.2 Å². The molecule has 0 heterocycles. The summed E-state index contributed by atoms with van der Waals surface area (Å²) < 4.78 is 0. The molecule has 1 heteroatoms. The normalized spacial score (nSPS) is 36.8. The van der Waals surface area contributed by atoms with Gasteiger partial charge in [0.25, 0.3) is 0 Å². The highest BCUT2D eigenvalue weighted by Gasteiger charge is 2.41. The fourth-order valence-electron chi connectivity index (χ4n) is 4.15. The molecule has 2 rings (SSSR count). The third-order valence-corrected chi connectivity index (χ3v) is 6.02. The van der Waals surface area contributed by atoms with Crippen molar-refractivity contribution >= 4 is 0 Å². The number of hydrogen-bond donors (Lipinski definition) is 1. The van der Waals surface area contributed by atoms with Crippen LogP contribution in [0.2, 0.25) is 0 Å². The predicted octanol–water partition coefficient (Wildman–Crippen LogP) is 5.42. The molecule has 0 aromatic rings. The van der Waals surface area contributed by atoms with E-state index in [2.05, 4.69) is 46.4 Å². The van der Waals surface area contributed by atoms with Gasteiger partial charge >= 0.3 is 0 Å². The Morgan fingerprint density at radius 1 is 1.10 bits per heavy atom. The molecule has 1 saturated carbocycles. The minimum atomic E-state index is -0.308. The zero-order valence-electron chi connectivity index (χ0n) is 14.3. The molecule has 1 nitrogen and oxygen atoms in total. The van der Waals surface area contributed by atoms with Crippen molar-refractivity contribution in [2.24, 2.45) is 17.3 Å². The quantitative estimate of drug-likeness (QED) is 0.590. The average Bonchev–Trinajstić information content (AvgIpc) is 2.41. The monoisotopic (exact) mass is 288 g/mol. The first kappa shape index (κ1) is 16.5. The van der Waals surface area contributed by atoms with E-state index in [0.717, 1.165) is 24.8 Å². The number of aliphatic hydroxyl groups is 1. The van der Waals surface area contributed by atoms with Gasteiger partial charge in [-0.25, -0.2) is 0 Å². The van der Waals surface area contributed by atoms with E-state index >= 15 is 0 Å². The maximum Gasteiger partial charge on any atom is 0.0781 e. The van der Waals surface area contributed by atoms with E-state index < -0.39 is 0 Å². The Bertz CT molecular complexity index is 452. The second kappa shape index (κ2) is 6.52. The fraction of sp³-hybridized carbons (Fsp3) is 0.700. The molecule has 0 aromatic heterocycles. The van der Waals surface area contributed by atoms with Gasteiger partial charge in [-0.1, -0.05) is 43.7 Å². The van der Waals surface area contributed by atoms with Crippen LogP contribution < -0.4 is 0 Å². The summed E-state index contributed by atoms with van der Waals surface area (Å²) in [7, 11) is 0. The summed E-state index contributed by atoms with van der Waals surface area (Å²) in [4.78, 5) is 0. The first-order valence-corrected chi connectivity index (χ1v) is 8.50. The first-order valence-electron chi connectivity index (χ1n) is 8.50. The van der Waals surface area contributed by atoms with Crippen molar-refractivity contribution in [2.45, 2.75) is 72.3 Å². The van der Waals surface area contributed by atoms with E-state index in [1.165, 1.54) is 30.4 Å². The maximum atomic E-state index is 10.2. The summed E-state index contributed by atoms with van der Waals surface area (Å²) in [5, 5.41) is 10.2. The number of hydrogen-bond acceptors (Lipinski definition) is 1. The zero-order valence-corrected chi connectivity index (χ0v) is 14.3. The molecule has 0 unspecified atom stereocenters. The van der Waals surface area contributed by atoms with Crippen LogP contribution in [0, 0.1) is 17.3 Å². The van der Waals surface area contributed by atoms with Gasteiger partial charge in [0.05, 0.1) is 6.10 Å². The summed E-state index contributed by atoms with van der Waals surface area (Å²) in [5.41, 5.74) is 4.32. The van der Waals surface area contributed by atoms with Gasteiger partial charge in [-0.15, -0.1) is 0 Å². The van der Waals surface area contributed by atoms with Crippen molar-refractivity contribution in [3.05, 3.63) is 35.5 Å². The van der Waals surface area contributed by atoms with Gasteiger partial charge < -0.3 is 5.11 Å². The van der Waals surface area contributed by atoms with E-state index in [0.29, 0.717) is 17.3 Å². The van der Waals surface area contributed by atoms with Gasteiger partial charge in [0, 0.05) is 0 Å². The largest absolute Gasteiger partial charge is 0.388 e. The minimum Gasteiger partial charge on any atom is -0.388 e. The second-order valence-corrected chi connectivity index (χ2v) is 7.79. The Morgan fingerprint density at radius 3 is 2.52 bits per heavy atom. The summed E-state index contributed by atoms with van der Waals surface area (Å²) >= 11 is 0. The highest BCUT2D eigenvalue weighted by Crippen LogP contribution is 2.51. The number of aliphatic hydroxyl groups excluding tert-OH is 1. The van der Waals surface area contributed by atoms with Crippen LogP contribution in [-0.4, -0.2) is 11.2 Å². The number of rotatable bonds is 0. The zero-order chi connectivity index (χ0) is 15.6. The second-order valence-electron chi connectivity index (χ2n) is 7.79. The molecule has 118 valence electrons. The maximum absolute atomic E-state index is 10.2. The lowest BCUT2D eigenvalue weighted by Gasteiger charge is -2.47. The number of fused-ring (bicyclic) bond motifs is 2. The molecule has 0 amide bonds. The third-order valence-electron chi connectivity index (χ3n) is 6.02. The SMILES string of the molecule is C=C1CC[C@H]2CC=C(C)[C@H](O)C/C=C(\C)CC[C@H]1C2(C)C. The molecule has 0 aliphatic heterocycles. The molecule has 0 aromatic carbocycles. The van der Waals surface area contributed by atoms with Crippen LogP contribution in [-0.2, 0) is 0 Å². The average molecular weight is 288 g/mol. The molecular formula is C20H32O. The van der Waals surface area contributed by atoms with Crippen molar-refractivity contribution in [1.82, 2.24) is 0 Å². The van der Waals surface area contributed by atoms with Crippen LogP contribution in [0.4, 0.5) is 0 Å². The molecule has 1 fully saturated rings. The van der Waals surface area contributed by atoms with Crippen LogP contribution in [0.25, 0.3) is 0 Å².